The highest BCUT2D eigenvalue weighted by Gasteiger charge is 2.21. The van der Waals surface area contributed by atoms with Gasteiger partial charge in [-0.1, -0.05) is 29.5 Å². The van der Waals surface area contributed by atoms with Crippen LogP contribution in [-0.4, -0.2) is 32.2 Å². The van der Waals surface area contributed by atoms with E-state index in [9.17, 15) is 23.2 Å². The van der Waals surface area contributed by atoms with E-state index in [4.69, 9.17) is 0 Å². The number of H-pyrrole nitrogens is 1. The molecule has 0 saturated heterocycles. The fourth-order valence-corrected chi connectivity index (χ4v) is 3.85. The maximum absolute atomic E-state index is 13.8. The molecule has 3 rings (SSSR count). The van der Waals surface area contributed by atoms with Gasteiger partial charge in [-0.15, -0.1) is 10.2 Å². The molecule has 3 aromatic rings. The quantitative estimate of drug-likeness (QED) is 0.469. The highest BCUT2D eigenvalue weighted by Crippen LogP contribution is 2.30. The summed E-state index contributed by atoms with van der Waals surface area (Å²) in [6.45, 7) is 6.49. The van der Waals surface area contributed by atoms with Crippen LogP contribution < -0.4 is 16.2 Å². The summed E-state index contributed by atoms with van der Waals surface area (Å²) >= 11 is 0.866. The molecule has 1 aromatic heterocycles. The molecule has 0 spiro atoms. The second-order valence-corrected chi connectivity index (χ2v) is 8.67. The zero-order valence-electron chi connectivity index (χ0n) is 18.2. The summed E-state index contributed by atoms with van der Waals surface area (Å²) in [4.78, 5) is 39.3. The Hall–Kier alpha value is -3.60. The van der Waals surface area contributed by atoms with Gasteiger partial charge in [-0.05, 0) is 44.5 Å². The number of nitrogens with zero attached hydrogens (tertiary/aromatic N) is 2. The van der Waals surface area contributed by atoms with Gasteiger partial charge in [0.05, 0.1) is 10.9 Å². The minimum atomic E-state index is -0.901. The van der Waals surface area contributed by atoms with E-state index in [2.05, 4.69) is 25.8 Å². The second kappa shape index (κ2) is 9.90. The first kappa shape index (κ1) is 24.1. The first-order valence-corrected chi connectivity index (χ1v) is 10.7. The van der Waals surface area contributed by atoms with Crippen molar-refractivity contribution in [3.05, 3.63) is 63.4 Å². The lowest BCUT2D eigenvalue weighted by Gasteiger charge is -2.14. The number of para-hydroxylation sites is 1. The number of aromatic amines is 1. The third-order valence-electron chi connectivity index (χ3n) is 4.58. The fourth-order valence-electron chi connectivity index (χ4n) is 3.11. The number of thioether (sulfide) groups is 1. The standard InChI is InChI=1S/C22H21F2N5O3S/c1-10-8-11(2)17(25-13(4)30)14(9-10)18-21(32)27-22(29-28-18)33-12(3)20(31)26-19-15(23)6-5-7-16(19)24/h5-9,12H,1-4H3,(H,25,30)(H,26,31)(H,27,29,32)/t12-/m0/s1. The lowest BCUT2D eigenvalue weighted by molar-refractivity contribution is -0.115. The Kier molecular flexibility index (Phi) is 7.22. The molecular formula is C22H21F2N5O3S. The number of nitrogens with one attached hydrogen (secondary N) is 3. The molecule has 0 aliphatic carbocycles. The molecule has 2 amide bonds. The van der Waals surface area contributed by atoms with Crippen LogP contribution in [0, 0.1) is 25.5 Å². The zero-order valence-corrected chi connectivity index (χ0v) is 19.1. The molecule has 172 valence electrons. The number of halogens is 2. The summed E-state index contributed by atoms with van der Waals surface area (Å²) in [6.07, 6.45) is 0. The van der Waals surface area contributed by atoms with Gasteiger partial charge >= 0.3 is 0 Å². The Morgan fingerprint density at radius 3 is 2.33 bits per heavy atom. The molecule has 0 bridgehead atoms. The topological polar surface area (TPSA) is 117 Å². The molecule has 0 unspecified atom stereocenters. The van der Waals surface area contributed by atoms with Crippen molar-refractivity contribution in [2.45, 2.75) is 38.1 Å². The van der Waals surface area contributed by atoms with E-state index in [1.54, 1.807) is 13.0 Å². The maximum Gasteiger partial charge on any atom is 0.278 e. The van der Waals surface area contributed by atoms with Crippen molar-refractivity contribution in [1.29, 1.82) is 0 Å². The number of carbonyl (C=O) groups is 2. The molecule has 0 radical (unpaired) electrons. The van der Waals surface area contributed by atoms with Gasteiger partial charge in [0.25, 0.3) is 5.56 Å². The van der Waals surface area contributed by atoms with Crippen LogP contribution >= 0.6 is 11.8 Å². The zero-order chi connectivity index (χ0) is 24.3. The molecular weight excluding hydrogens is 452 g/mol. The van der Waals surface area contributed by atoms with Crippen molar-refractivity contribution in [3.8, 4) is 11.3 Å². The van der Waals surface area contributed by atoms with Gasteiger partial charge in [-0.2, -0.15) is 0 Å². The van der Waals surface area contributed by atoms with Crippen molar-refractivity contribution in [2.75, 3.05) is 10.6 Å². The average Bonchev–Trinajstić information content (AvgIpc) is 2.72. The van der Waals surface area contributed by atoms with E-state index in [1.807, 2.05) is 13.0 Å². The highest BCUT2D eigenvalue weighted by atomic mass is 32.2. The predicted octanol–water partition coefficient (Wildman–Crippen LogP) is 3.80. The van der Waals surface area contributed by atoms with Crippen LogP contribution in [0.4, 0.5) is 20.2 Å². The summed E-state index contributed by atoms with van der Waals surface area (Å²) in [5.74, 6) is -2.79. The van der Waals surface area contributed by atoms with Gasteiger partial charge in [-0.3, -0.25) is 19.4 Å². The van der Waals surface area contributed by atoms with Gasteiger partial charge in [0.2, 0.25) is 11.8 Å². The largest absolute Gasteiger partial charge is 0.325 e. The van der Waals surface area contributed by atoms with Crippen LogP contribution in [0.15, 0.2) is 40.3 Å². The summed E-state index contributed by atoms with van der Waals surface area (Å²) < 4.78 is 27.5. The number of rotatable bonds is 6. The third-order valence-corrected chi connectivity index (χ3v) is 5.56. The number of aryl methyl sites for hydroxylation is 2. The smallest absolute Gasteiger partial charge is 0.278 e. The van der Waals surface area contributed by atoms with Gasteiger partial charge < -0.3 is 10.6 Å². The minimum Gasteiger partial charge on any atom is -0.325 e. The van der Waals surface area contributed by atoms with Gasteiger partial charge in [0.15, 0.2) is 10.9 Å². The molecule has 0 saturated carbocycles. The van der Waals surface area contributed by atoms with Crippen molar-refractivity contribution < 1.29 is 18.4 Å². The molecule has 0 aliphatic rings. The Labute approximate surface area is 192 Å². The number of carbonyl (C=O) groups excluding carboxylic acids is 2. The summed E-state index contributed by atoms with van der Waals surface area (Å²) in [7, 11) is 0. The summed E-state index contributed by atoms with van der Waals surface area (Å²) in [6, 6.07) is 6.82. The lowest BCUT2D eigenvalue weighted by Crippen LogP contribution is -2.25. The maximum atomic E-state index is 13.8. The first-order chi connectivity index (χ1) is 15.6. The van der Waals surface area contributed by atoms with E-state index in [0.29, 0.717) is 11.3 Å². The average molecular weight is 474 g/mol. The van der Waals surface area contributed by atoms with Crippen molar-refractivity contribution in [2.24, 2.45) is 0 Å². The van der Waals surface area contributed by atoms with Crippen molar-refractivity contribution in [1.82, 2.24) is 15.2 Å². The normalized spacial score (nSPS) is 11.7. The van der Waals surface area contributed by atoms with Crippen molar-refractivity contribution >= 4 is 35.0 Å². The van der Waals surface area contributed by atoms with E-state index < -0.39 is 34.0 Å². The number of benzene rings is 2. The molecule has 1 heterocycles. The fraction of sp³-hybridized carbons (Fsp3) is 0.227. The van der Waals surface area contributed by atoms with Crippen LogP contribution in [0.2, 0.25) is 0 Å². The van der Waals surface area contributed by atoms with E-state index in [1.165, 1.54) is 19.9 Å². The van der Waals surface area contributed by atoms with E-state index in [-0.39, 0.29) is 16.8 Å². The molecule has 8 nitrogen and oxygen atoms in total. The molecule has 1 atom stereocenters. The van der Waals surface area contributed by atoms with Crippen LogP contribution in [0.1, 0.15) is 25.0 Å². The van der Waals surface area contributed by atoms with Gasteiger partial charge in [-0.25, -0.2) is 8.78 Å². The molecule has 11 heteroatoms. The van der Waals surface area contributed by atoms with Crippen LogP contribution in [-0.2, 0) is 9.59 Å². The molecule has 3 N–H and O–H groups in total. The number of amides is 2. The SMILES string of the molecule is CC(=O)Nc1c(C)cc(C)cc1-c1nnc(S[C@@H](C)C(=O)Nc2c(F)cccc2F)[nH]c1=O. The molecule has 0 fully saturated rings. The number of hydrogen-bond acceptors (Lipinski definition) is 6. The lowest BCUT2D eigenvalue weighted by atomic mass is 10.0. The van der Waals surface area contributed by atoms with E-state index in [0.717, 1.165) is 35.0 Å². The Morgan fingerprint density at radius 2 is 1.73 bits per heavy atom. The predicted molar refractivity (Wildman–Crippen MR) is 122 cm³/mol. The Balaban J connectivity index is 1.84. The van der Waals surface area contributed by atoms with Crippen LogP contribution in [0.5, 0.6) is 0 Å². The van der Waals surface area contributed by atoms with Crippen LogP contribution in [0.3, 0.4) is 0 Å². The second-order valence-electron chi connectivity index (χ2n) is 7.34. The van der Waals surface area contributed by atoms with Gasteiger partial charge in [0.1, 0.15) is 17.3 Å². The molecule has 33 heavy (non-hydrogen) atoms. The number of aromatic nitrogens is 3. The summed E-state index contributed by atoms with van der Waals surface area (Å²) in [5, 5.41) is 12.1. The molecule has 2 aromatic carbocycles. The monoisotopic (exact) mass is 473 g/mol. The van der Waals surface area contributed by atoms with Crippen molar-refractivity contribution in [3.63, 3.8) is 0 Å². The highest BCUT2D eigenvalue weighted by molar-refractivity contribution is 8.00. The third kappa shape index (κ3) is 5.61. The van der Waals surface area contributed by atoms with Crippen LogP contribution in [0.25, 0.3) is 11.3 Å². The van der Waals surface area contributed by atoms with Gasteiger partial charge in [0, 0.05) is 12.5 Å². The Bertz CT molecular complexity index is 1280. The molecule has 0 aliphatic heterocycles. The minimum absolute atomic E-state index is 0.000400. The Morgan fingerprint density at radius 1 is 1.06 bits per heavy atom. The number of anilines is 2. The first-order valence-electron chi connectivity index (χ1n) is 9.84. The summed E-state index contributed by atoms with van der Waals surface area (Å²) in [5.41, 5.74) is 1.36. The van der Waals surface area contributed by atoms with E-state index >= 15 is 0 Å². The number of hydrogen-bond donors (Lipinski definition) is 3.